The van der Waals surface area contributed by atoms with Gasteiger partial charge in [-0.05, 0) is 30.4 Å². The van der Waals surface area contributed by atoms with E-state index in [2.05, 4.69) is 19.9 Å². The Bertz CT molecular complexity index is 462. The lowest BCUT2D eigenvalue weighted by Crippen LogP contribution is -2.35. The highest BCUT2D eigenvalue weighted by atomic mass is 16.5. The molecule has 110 valence electrons. The molecular weight excluding hydrogens is 252 g/mol. The van der Waals surface area contributed by atoms with Gasteiger partial charge in [0.2, 0.25) is 0 Å². The first-order valence-corrected chi connectivity index (χ1v) is 7.37. The van der Waals surface area contributed by atoms with Gasteiger partial charge in [-0.25, -0.2) is 0 Å². The summed E-state index contributed by atoms with van der Waals surface area (Å²) < 4.78 is 5.74. The third kappa shape index (κ3) is 3.51. The smallest absolute Gasteiger partial charge is 0.260 e. The van der Waals surface area contributed by atoms with Crippen molar-refractivity contribution < 1.29 is 9.53 Å². The zero-order valence-electron chi connectivity index (χ0n) is 12.3. The minimum atomic E-state index is 0.0249. The first-order valence-electron chi connectivity index (χ1n) is 7.37. The lowest BCUT2D eigenvalue weighted by molar-refractivity contribution is -0.132. The molecule has 2 N–H and O–H groups in total. The van der Waals surface area contributed by atoms with E-state index in [1.165, 1.54) is 5.56 Å². The molecule has 1 aliphatic heterocycles. The predicted molar refractivity (Wildman–Crippen MR) is 79.8 cm³/mol. The van der Waals surface area contributed by atoms with E-state index in [1.54, 1.807) is 4.90 Å². The van der Waals surface area contributed by atoms with Crippen molar-refractivity contribution in [2.75, 3.05) is 19.7 Å². The number of amides is 1. The van der Waals surface area contributed by atoms with E-state index in [-0.39, 0.29) is 18.6 Å². The normalized spacial score (nSPS) is 19.9. The molecule has 20 heavy (non-hydrogen) atoms. The number of carbonyl (C=O) groups is 1. The topological polar surface area (TPSA) is 55.6 Å². The van der Waals surface area contributed by atoms with Gasteiger partial charge in [0.15, 0.2) is 6.61 Å². The summed E-state index contributed by atoms with van der Waals surface area (Å²) in [6.07, 6.45) is 1.94. The molecular formula is C16H24N2O2. The van der Waals surface area contributed by atoms with Crippen molar-refractivity contribution in [3.63, 3.8) is 0 Å². The van der Waals surface area contributed by atoms with Gasteiger partial charge in [0.25, 0.3) is 5.91 Å². The van der Waals surface area contributed by atoms with Crippen molar-refractivity contribution in [1.82, 2.24) is 4.90 Å². The molecule has 0 aliphatic carbocycles. The van der Waals surface area contributed by atoms with Crippen molar-refractivity contribution in [2.45, 2.75) is 38.6 Å². The fourth-order valence-corrected chi connectivity index (χ4v) is 2.48. The van der Waals surface area contributed by atoms with Gasteiger partial charge in [-0.2, -0.15) is 0 Å². The highest BCUT2D eigenvalue weighted by Crippen LogP contribution is 2.28. The van der Waals surface area contributed by atoms with E-state index in [0.717, 1.165) is 25.1 Å². The number of likely N-dealkylation sites (tertiary alicyclic amines) is 1. The standard InChI is InChI=1S/C16H24N2O2/c1-3-12(2)14-6-4-5-7-15(14)20-11-16(19)18-9-8-13(17)10-18/h4-7,12-13H,3,8-11,17H2,1-2H3/t12-,13-/m0/s1. The number of benzene rings is 1. The summed E-state index contributed by atoms with van der Waals surface area (Å²) in [5.41, 5.74) is 6.98. The molecule has 0 radical (unpaired) electrons. The van der Waals surface area contributed by atoms with Gasteiger partial charge in [0.05, 0.1) is 0 Å². The van der Waals surface area contributed by atoms with Crippen LogP contribution in [0.25, 0.3) is 0 Å². The van der Waals surface area contributed by atoms with E-state index in [1.807, 2.05) is 18.2 Å². The van der Waals surface area contributed by atoms with Crippen LogP contribution in [0.5, 0.6) is 5.75 Å². The molecule has 4 nitrogen and oxygen atoms in total. The fourth-order valence-electron chi connectivity index (χ4n) is 2.48. The van der Waals surface area contributed by atoms with Gasteiger partial charge in [-0.3, -0.25) is 4.79 Å². The number of para-hydroxylation sites is 1. The molecule has 0 unspecified atom stereocenters. The number of carbonyl (C=O) groups excluding carboxylic acids is 1. The molecule has 2 atom stereocenters. The zero-order valence-corrected chi connectivity index (χ0v) is 12.3. The molecule has 2 rings (SSSR count). The number of nitrogens with zero attached hydrogens (tertiary/aromatic N) is 1. The van der Waals surface area contributed by atoms with Crippen molar-refractivity contribution in [3.05, 3.63) is 29.8 Å². The first kappa shape index (κ1) is 14.9. The van der Waals surface area contributed by atoms with E-state index in [0.29, 0.717) is 12.5 Å². The largest absolute Gasteiger partial charge is 0.483 e. The molecule has 1 amide bonds. The van der Waals surface area contributed by atoms with Gasteiger partial charge < -0.3 is 15.4 Å². The average molecular weight is 276 g/mol. The molecule has 1 aliphatic rings. The molecule has 1 aromatic carbocycles. The van der Waals surface area contributed by atoms with E-state index in [4.69, 9.17) is 10.5 Å². The Labute approximate surface area is 120 Å². The number of hydrogen-bond acceptors (Lipinski definition) is 3. The Morgan fingerprint density at radius 3 is 2.90 bits per heavy atom. The Balaban J connectivity index is 1.95. The Morgan fingerprint density at radius 1 is 1.50 bits per heavy atom. The third-order valence-electron chi connectivity index (χ3n) is 3.99. The summed E-state index contributed by atoms with van der Waals surface area (Å²) in [5.74, 6) is 1.28. The minimum absolute atomic E-state index is 0.0249. The second kappa shape index (κ2) is 6.75. The van der Waals surface area contributed by atoms with Gasteiger partial charge in [-0.15, -0.1) is 0 Å². The van der Waals surface area contributed by atoms with Gasteiger partial charge >= 0.3 is 0 Å². The second-order valence-electron chi connectivity index (χ2n) is 5.52. The number of nitrogens with two attached hydrogens (primary N) is 1. The van der Waals surface area contributed by atoms with Crippen LogP contribution in [0.1, 0.15) is 38.2 Å². The summed E-state index contributed by atoms with van der Waals surface area (Å²) in [4.78, 5) is 13.8. The van der Waals surface area contributed by atoms with Crippen LogP contribution < -0.4 is 10.5 Å². The number of rotatable bonds is 5. The predicted octanol–water partition coefficient (Wildman–Crippen LogP) is 2.14. The maximum Gasteiger partial charge on any atom is 0.260 e. The number of hydrogen-bond donors (Lipinski definition) is 1. The lowest BCUT2D eigenvalue weighted by atomic mass is 9.98. The maximum absolute atomic E-state index is 12.1. The fraction of sp³-hybridized carbons (Fsp3) is 0.562. The molecule has 0 bridgehead atoms. The van der Waals surface area contributed by atoms with E-state index in [9.17, 15) is 4.79 Å². The van der Waals surface area contributed by atoms with Crippen LogP contribution in [-0.2, 0) is 4.79 Å². The summed E-state index contributed by atoms with van der Waals surface area (Å²) >= 11 is 0. The van der Waals surface area contributed by atoms with Gasteiger partial charge in [0.1, 0.15) is 5.75 Å². The second-order valence-corrected chi connectivity index (χ2v) is 5.52. The SMILES string of the molecule is CC[C@H](C)c1ccccc1OCC(=O)N1CC[C@H](N)C1. The molecule has 0 spiro atoms. The molecule has 1 heterocycles. The van der Waals surface area contributed by atoms with Crippen LogP contribution in [-0.4, -0.2) is 36.5 Å². The van der Waals surface area contributed by atoms with Crippen molar-refractivity contribution in [2.24, 2.45) is 5.73 Å². The van der Waals surface area contributed by atoms with Crippen molar-refractivity contribution in [1.29, 1.82) is 0 Å². The molecule has 1 aromatic rings. The van der Waals surface area contributed by atoms with Crippen LogP contribution in [0.3, 0.4) is 0 Å². The summed E-state index contributed by atoms with van der Waals surface area (Å²) in [7, 11) is 0. The van der Waals surface area contributed by atoms with Crippen molar-refractivity contribution in [3.8, 4) is 5.75 Å². The Kier molecular flexibility index (Phi) is 5.01. The molecule has 1 fully saturated rings. The molecule has 0 aromatic heterocycles. The van der Waals surface area contributed by atoms with Crippen LogP contribution in [0.4, 0.5) is 0 Å². The van der Waals surface area contributed by atoms with Crippen molar-refractivity contribution >= 4 is 5.91 Å². The molecule has 0 saturated carbocycles. The maximum atomic E-state index is 12.1. The summed E-state index contributed by atoms with van der Waals surface area (Å²) in [6.45, 7) is 5.81. The van der Waals surface area contributed by atoms with E-state index < -0.39 is 0 Å². The summed E-state index contributed by atoms with van der Waals surface area (Å²) in [6, 6.07) is 8.07. The number of ether oxygens (including phenoxy) is 1. The quantitative estimate of drug-likeness (QED) is 0.896. The van der Waals surface area contributed by atoms with Gasteiger partial charge in [-0.1, -0.05) is 32.0 Å². The summed E-state index contributed by atoms with van der Waals surface area (Å²) in [5, 5.41) is 0. The Hall–Kier alpha value is -1.55. The highest BCUT2D eigenvalue weighted by molar-refractivity contribution is 5.78. The van der Waals surface area contributed by atoms with Crippen LogP contribution in [0.15, 0.2) is 24.3 Å². The van der Waals surface area contributed by atoms with E-state index >= 15 is 0 Å². The lowest BCUT2D eigenvalue weighted by Gasteiger charge is -2.18. The molecule has 1 saturated heterocycles. The van der Waals surface area contributed by atoms with Crippen LogP contribution in [0, 0.1) is 0 Å². The zero-order chi connectivity index (χ0) is 14.5. The first-order chi connectivity index (χ1) is 9.61. The average Bonchev–Trinajstić information content (AvgIpc) is 2.91. The molecule has 4 heteroatoms. The van der Waals surface area contributed by atoms with Gasteiger partial charge in [0, 0.05) is 19.1 Å². The monoisotopic (exact) mass is 276 g/mol. The third-order valence-corrected chi connectivity index (χ3v) is 3.99. The Morgan fingerprint density at radius 2 is 2.25 bits per heavy atom. The minimum Gasteiger partial charge on any atom is -0.483 e. The van der Waals surface area contributed by atoms with Crippen LogP contribution >= 0.6 is 0 Å². The van der Waals surface area contributed by atoms with Crippen LogP contribution in [0.2, 0.25) is 0 Å². The highest BCUT2D eigenvalue weighted by Gasteiger charge is 2.24.